The smallest absolute Gasteiger partial charge is 0.237 e. The molecule has 1 heterocycles. The van der Waals surface area contributed by atoms with Crippen LogP contribution in [0.5, 0.6) is 0 Å². The van der Waals surface area contributed by atoms with Gasteiger partial charge in [0.1, 0.15) is 11.6 Å². The second-order valence-corrected chi connectivity index (χ2v) is 7.39. The molecule has 2 N–H and O–H groups in total. The van der Waals surface area contributed by atoms with Crippen molar-refractivity contribution in [1.82, 2.24) is 15.5 Å². The monoisotopic (exact) mass is 407 g/mol. The highest BCUT2D eigenvalue weighted by molar-refractivity contribution is 6.31. The summed E-state index contributed by atoms with van der Waals surface area (Å²) in [6.07, 6.45) is 0.590. The predicted octanol–water partition coefficient (Wildman–Crippen LogP) is 3.49. The van der Waals surface area contributed by atoms with Gasteiger partial charge >= 0.3 is 0 Å². The van der Waals surface area contributed by atoms with Crippen molar-refractivity contribution in [3.8, 4) is 0 Å². The van der Waals surface area contributed by atoms with Gasteiger partial charge in [-0.05, 0) is 43.2 Å². The molecule has 0 aliphatic carbocycles. The highest BCUT2D eigenvalue weighted by atomic mass is 35.5. The van der Waals surface area contributed by atoms with E-state index >= 15 is 0 Å². The van der Waals surface area contributed by atoms with Gasteiger partial charge in [0.25, 0.3) is 0 Å². The first kappa shape index (κ1) is 20.7. The Balaban J connectivity index is 1.69. The van der Waals surface area contributed by atoms with Crippen LogP contribution in [0.2, 0.25) is 5.02 Å². The number of nitrogens with zero attached hydrogens (tertiary/aromatic N) is 1. The Hall–Kier alpha value is -2.02. The summed E-state index contributed by atoms with van der Waals surface area (Å²) in [6.45, 7) is 3.81. The number of likely N-dealkylation sites (tertiary alicyclic amines) is 1. The van der Waals surface area contributed by atoms with E-state index in [1.807, 2.05) is 31.2 Å². The van der Waals surface area contributed by atoms with Crippen LogP contribution in [0, 0.1) is 11.6 Å². The number of benzene rings is 2. The molecule has 0 aromatic heterocycles. The van der Waals surface area contributed by atoms with Crippen LogP contribution in [0.4, 0.5) is 8.78 Å². The molecule has 3 rings (SSSR count). The number of halogens is 3. The zero-order valence-electron chi connectivity index (χ0n) is 15.7. The first-order chi connectivity index (χ1) is 13.5. The molecule has 7 heteroatoms. The standard InChI is InChI=1S/C21H24ClF2N3O/c1-2-25-21(28)20-10-17(26-11-15-9-16(23)7-8-19(15)24)13-27(20)12-14-5-3-4-6-18(14)22/h3-9,17,20,26H,2,10-13H2,1H3,(H,25,28)/t17-,20+/m1/s1. The van der Waals surface area contributed by atoms with Gasteiger partial charge in [-0.3, -0.25) is 9.69 Å². The normalized spacial score (nSPS) is 19.7. The molecule has 1 aliphatic heterocycles. The fourth-order valence-corrected chi connectivity index (χ4v) is 3.76. The van der Waals surface area contributed by atoms with E-state index in [4.69, 9.17) is 11.6 Å². The van der Waals surface area contributed by atoms with Gasteiger partial charge in [-0.25, -0.2) is 8.78 Å². The fourth-order valence-electron chi connectivity index (χ4n) is 3.57. The van der Waals surface area contributed by atoms with Gasteiger partial charge in [0.05, 0.1) is 6.04 Å². The van der Waals surface area contributed by atoms with Crippen LogP contribution in [0.15, 0.2) is 42.5 Å². The molecule has 0 bridgehead atoms. The number of likely N-dealkylation sites (N-methyl/N-ethyl adjacent to an activating group) is 1. The maximum atomic E-state index is 13.9. The number of carbonyl (C=O) groups is 1. The second-order valence-electron chi connectivity index (χ2n) is 6.98. The number of hydrogen-bond donors (Lipinski definition) is 2. The summed E-state index contributed by atoms with van der Waals surface area (Å²) in [7, 11) is 0. The van der Waals surface area contributed by atoms with Crippen molar-refractivity contribution < 1.29 is 13.6 Å². The maximum absolute atomic E-state index is 13.9. The second kappa shape index (κ2) is 9.45. The summed E-state index contributed by atoms with van der Waals surface area (Å²) >= 11 is 6.28. The van der Waals surface area contributed by atoms with Crippen LogP contribution in [0.25, 0.3) is 0 Å². The average Bonchev–Trinajstić information content (AvgIpc) is 3.07. The lowest BCUT2D eigenvalue weighted by molar-refractivity contribution is -0.125. The molecule has 0 radical (unpaired) electrons. The zero-order valence-corrected chi connectivity index (χ0v) is 16.5. The quantitative estimate of drug-likeness (QED) is 0.738. The Bertz CT molecular complexity index is 833. The maximum Gasteiger partial charge on any atom is 0.237 e. The van der Waals surface area contributed by atoms with Crippen LogP contribution in [0.1, 0.15) is 24.5 Å². The Kier molecular flexibility index (Phi) is 6.99. The number of hydrogen-bond acceptors (Lipinski definition) is 3. The van der Waals surface area contributed by atoms with Crippen LogP contribution in [0.3, 0.4) is 0 Å². The Labute approximate surface area is 168 Å². The summed E-state index contributed by atoms with van der Waals surface area (Å²) in [4.78, 5) is 14.6. The van der Waals surface area contributed by atoms with Gasteiger partial charge in [-0.2, -0.15) is 0 Å². The number of rotatable bonds is 7. The van der Waals surface area contributed by atoms with Crippen molar-refractivity contribution in [1.29, 1.82) is 0 Å². The van der Waals surface area contributed by atoms with Crippen LogP contribution >= 0.6 is 11.6 Å². The third-order valence-electron chi connectivity index (χ3n) is 4.98. The van der Waals surface area contributed by atoms with E-state index in [2.05, 4.69) is 15.5 Å². The molecular weight excluding hydrogens is 384 g/mol. The van der Waals surface area contributed by atoms with E-state index < -0.39 is 11.6 Å². The number of amides is 1. The third kappa shape index (κ3) is 5.07. The molecule has 0 spiro atoms. The van der Waals surface area contributed by atoms with E-state index in [0.717, 1.165) is 17.7 Å². The third-order valence-corrected chi connectivity index (χ3v) is 5.35. The Morgan fingerprint density at radius 2 is 2.00 bits per heavy atom. The lowest BCUT2D eigenvalue weighted by Gasteiger charge is -2.23. The molecule has 0 unspecified atom stereocenters. The molecule has 0 saturated carbocycles. The van der Waals surface area contributed by atoms with Crippen molar-refractivity contribution >= 4 is 17.5 Å². The predicted molar refractivity (Wildman–Crippen MR) is 106 cm³/mol. The average molecular weight is 408 g/mol. The fraction of sp³-hybridized carbons (Fsp3) is 0.381. The van der Waals surface area contributed by atoms with Gasteiger partial charge < -0.3 is 10.6 Å². The van der Waals surface area contributed by atoms with Crippen LogP contribution in [-0.2, 0) is 17.9 Å². The van der Waals surface area contributed by atoms with Gasteiger partial charge in [0, 0.05) is 42.8 Å². The van der Waals surface area contributed by atoms with E-state index in [0.29, 0.717) is 31.1 Å². The summed E-state index contributed by atoms with van der Waals surface area (Å²) < 4.78 is 27.2. The summed E-state index contributed by atoms with van der Waals surface area (Å²) in [6, 6.07) is 10.7. The molecule has 2 aromatic rings. The van der Waals surface area contributed by atoms with Gasteiger partial charge in [0.15, 0.2) is 0 Å². The topological polar surface area (TPSA) is 44.4 Å². The largest absolute Gasteiger partial charge is 0.355 e. The highest BCUT2D eigenvalue weighted by Gasteiger charge is 2.36. The Morgan fingerprint density at radius 3 is 2.75 bits per heavy atom. The minimum atomic E-state index is -0.467. The van der Waals surface area contributed by atoms with Crippen LogP contribution < -0.4 is 10.6 Å². The van der Waals surface area contributed by atoms with Crippen molar-refractivity contribution in [3.63, 3.8) is 0 Å². The molecule has 1 aliphatic rings. The zero-order chi connectivity index (χ0) is 20.1. The molecule has 1 saturated heterocycles. The van der Waals surface area contributed by atoms with Crippen molar-refractivity contribution in [2.45, 2.75) is 38.5 Å². The summed E-state index contributed by atoms with van der Waals surface area (Å²) in [5.74, 6) is -0.943. The van der Waals surface area contributed by atoms with Crippen LogP contribution in [-0.4, -0.2) is 36.0 Å². The highest BCUT2D eigenvalue weighted by Crippen LogP contribution is 2.24. The summed E-state index contributed by atoms with van der Waals surface area (Å²) in [5, 5.41) is 6.80. The first-order valence-electron chi connectivity index (χ1n) is 9.40. The molecule has 2 atom stereocenters. The lowest BCUT2D eigenvalue weighted by atomic mass is 10.1. The van der Waals surface area contributed by atoms with E-state index in [9.17, 15) is 13.6 Å². The molecule has 1 fully saturated rings. The van der Waals surface area contributed by atoms with Crippen molar-refractivity contribution in [2.75, 3.05) is 13.1 Å². The molecular formula is C21H24ClF2N3O. The molecule has 150 valence electrons. The molecule has 28 heavy (non-hydrogen) atoms. The number of carbonyl (C=O) groups excluding carboxylic acids is 1. The van der Waals surface area contributed by atoms with E-state index in [1.165, 1.54) is 6.07 Å². The van der Waals surface area contributed by atoms with E-state index in [1.54, 1.807) is 0 Å². The Morgan fingerprint density at radius 1 is 1.21 bits per heavy atom. The number of nitrogens with one attached hydrogen (secondary N) is 2. The minimum absolute atomic E-state index is 0.0160. The van der Waals surface area contributed by atoms with Gasteiger partial charge in [-0.15, -0.1) is 0 Å². The SMILES string of the molecule is CCNC(=O)[C@@H]1C[C@@H](NCc2cc(F)ccc2F)CN1Cc1ccccc1Cl. The molecule has 2 aromatic carbocycles. The summed E-state index contributed by atoms with van der Waals surface area (Å²) in [5.41, 5.74) is 1.23. The van der Waals surface area contributed by atoms with Gasteiger partial charge in [-0.1, -0.05) is 29.8 Å². The minimum Gasteiger partial charge on any atom is -0.355 e. The molecule has 4 nitrogen and oxygen atoms in total. The first-order valence-corrected chi connectivity index (χ1v) is 9.78. The van der Waals surface area contributed by atoms with Gasteiger partial charge in [0.2, 0.25) is 5.91 Å². The molecule has 1 amide bonds. The van der Waals surface area contributed by atoms with Crippen molar-refractivity contribution in [3.05, 3.63) is 70.2 Å². The lowest BCUT2D eigenvalue weighted by Crippen LogP contribution is -2.42. The van der Waals surface area contributed by atoms with E-state index in [-0.39, 0.29) is 30.1 Å². The van der Waals surface area contributed by atoms with Crippen molar-refractivity contribution in [2.24, 2.45) is 0 Å².